The van der Waals surface area contributed by atoms with Crippen LogP contribution in [-0.4, -0.2) is 39.3 Å². The fourth-order valence-electron chi connectivity index (χ4n) is 3.70. The van der Waals surface area contributed by atoms with Gasteiger partial charge in [-0.15, -0.1) is 15.0 Å². The smallest absolute Gasteiger partial charge is 0.178 e. The molecule has 2 aromatic carbocycles. The van der Waals surface area contributed by atoms with E-state index in [1.165, 1.54) is 4.80 Å². The van der Waals surface area contributed by atoms with Crippen LogP contribution in [0.5, 0.6) is 5.75 Å². The number of sulfone groups is 1. The number of fused-ring (bicyclic) bond motifs is 1. The van der Waals surface area contributed by atoms with Gasteiger partial charge in [0.2, 0.25) is 0 Å². The minimum Gasteiger partial charge on any atom is -0.505 e. The molecule has 0 fully saturated rings. The van der Waals surface area contributed by atoms with Gasteiger partial charge < -0.3 is 10.1 Å². The molecule has 0 aliphatic heterocycles. The maximum Gasteiger partial charge on any atom is 0.178 e. The van der Waals surface area contributed by atoms with E-state index >= 15 is 0 Å². The molecule has 4 rings (SSSR count). The number of hydrogen-bond acceptors (Lipinski definition) is 5. The molecule has 2 N–H and O–H groups in total. The Labute approximate surface area is 214 Å². The molecule has 0 radical (unpaired) electrons. The number of phenols is 1. The Kier molecular flexibility index (Phi) is 7.98. The fourth-order valence-corrected chi connectivity index (χ4v) is 5.17. The van der Waals surface area contributed by atoms with Crippen LogP contribution < -0.4 is 0 Å². The van der Waals surface area contributed by atoms with Crippen molar-refractivity contribution in [2.24, 2.45) is 0 Å². The van der Waals surface area contributed by atoms with Crippen molar-refractivity contribution >= 4 is 20.9 Å². The van der Waals surface area contributed by atoms with E-state index in [2.05, 4.69) is 56.7 Å². The van der Waals surface area contributed by atoms with Crippen molar-refractivity contribution in [2.45, 2.75) is 77.0 Å². The molecule has 4 aromatic rings. The van der Waals surface area contributed by atoms with Crippen LogP contribution in [0.1, 0.15) is 72.4 Å². The Morgan fingerprint density at radius 3 is 2.08 bits per heavy atom. The molecule has 2 aromatic heterocycles. The zero-order chi connectivity index (χ0) is 26.7. The average molecular weight is 511 g/mol. The highest BCUT2D eigenvalue weighted by Gasteiger charge is 2.26. The predicted molar refractivity (Wildman–Crippen MR) is 146 cm³/mol. The maximum atomic E-state index is 12.6. The standard InChI is InChI=1S/C24H33N3O3S.C4H5N/c1-8-9-12-31(29,30)17-10-11-19-20(15-17)26-27(25-19)21-14-16(23(2,3)4)13-18(22(21)28)24(5,6)7;1-2-4-5-3-1/h10-11,13-15,28H,8-9,12H2,1-7H3;1-5H. The molecule has 0 saturated carbocycles. The van der Waals surface area contributed by atoms with Gasteiger partial charge >= 0.3 is 0 Å². The minimum atomic E-state index is -3.36. The molecular formula is C28H38N4O3S. The van der Waals surface area contributed by atoms with Gasteiger partial charge in [0.15, 0.2) is 9.84 Å². The molecule has 0 amide bonds. The summed E-state index contributed by atoms with van der Waals surface area (Å²) in [6.45, 7) is 14.5. The second-order valence-electron chi connectivity index (χ2n) is 11.1. The number of rotatable bonds is 5. The summed E-state index contributed by atoms with van der Waals surface area (Å²) in [7, 11) is -3.36. The Balaban J connectivity index is 0.000000642. The van der Waals surface area contributed by atoms with Crippen LogP contribution >= 0.6 is 0 Å². The van der Waals surface area contributed by atoms with E-state index in [-0.39, 0.29) is 27.2 Å². The summed E-state index contributed by atoms with van der Waals surface area (Å²) in [5.41, 5.74) is 3.03. The molecule has 0 saturated heterocycles. The monoisotopic (exact) mass is 510 g/mol. The first-order valence-electron chi connectivity index (χ1n) is 12.3. The van der Waals surface area contributed by atoms with Crippen molar-refractivity contribution < 1.29 is 13.5 Å². The molecule has 0 bridgehead atoms. The van der Waals surface area contributed by atoms with Crippen molar-refractivity contribution in [1.82, 2.24) is 20.0 Å². The van der Waals surface area contributed by atoms with Crippen LogP contribution in [0.4, 0.5) is 0 Å². The van der Waals surface area contributed by atoms with Crippen molar-refractivity contribution in [2.75, 3.05) is 5.75 Å². The third kappa shape index (κ3) is 6.35. The van der Waals surface area contributed by atoms with Gasteiger partial charge in [0.05, 0.1) is 10.6 Å². The molecule has 7 nitrogen and oxygen atoms in total. The Hall–Kier alpha value is -3.13. The number of aromatic hydroxyl groups is 1. The fraction of sp³-hybridized carbons (Fsp3) is 0.429. The molecular weight excluding hydrogens is 472 g/mol. The van der Waals surface area contributed by atoms with Crippen molar-refractivity contribution in [3.05, 3.63) is 66.0 Å². The number of hydrogen-bond donors (Lipinski definition) is 2. The molecule has 0 aliphatic carbocycles. The molecule has 36 heavy (non-hydrogen) atoms. The van der Waals surface area contributed by atoms with E-state index in [4.69, 9.17) is 0 Å². The third-order valence-corrected chi connectivity index (χ3v) is 7.75. The van der Waals surface area contributed by atoms with Gasteiger partial charge in [-0.2, -0.15) is 0 Å². The molecule has 8 heteroatoms. The second kappa shape index (κ2) is 10.5. The molecule has 0 atom stereocenters. The summed E-state index contributed by atoms with van der Waals surface area (Å²) < 4.78 is 25.2. The van der Waals surface area contributed by atoms with Gasteiger partial charge in [0.25, 0.3) is 0 Å². The second-order valence-corrected chi connectivity index (χ2v) is 13.2. The minimum absolute atomic E-state index is 0.118. The highest BCUT2D eigenvalue weighted by molar-refractivity contribution is 7.91. The first kappa shape index (κ1) is 27.5. The highest BCUT2D eigenvalue weighted by atomic mass is 32.2. The molecule has 0 unspecified atom stereocenters. The Bertz CT molecular complexity index is 1390. The number of phenolic OH excluding ortho intramolecular Hbond substituents is 1. The number of benzene rings is 2. The number of nitrogens with one attached hydrogen (secondary N) is 1. The molecule has 194 valence electrons. The van der Waals surface area contributed by atoms with Crippen LogP contribution in [-0.2, 0) is 20.7 Å². The van der Waals surface area contributed by atoms with Crippen molar-refractivity contribution in [3.63, 3.8) is 0 Å². The lowest BCUT2D eigenvalue weighted by Gasteiger charge is -2.27. The summed E-state index contributed by atoms with van der Waals surface area (Å²) in [6, 6.07) is 12.7. The number of nitrogens with zero attached hydrogens (tertiary/aromatic N) is 3. The number of aromatic amines is 1. The SMILES string of the molecule is CCCCS(=O)(=O)c1ccc2nn(-c3cc(C(C)(C)C)cc(C(C)(C)C)c3O)nc2c1.c1cc[nH]c1. The summed E-state index contributed by atoms with van der Waals surface area (Å²) in [5, 5.41) is 20.1. The van der Waals surface area contributed by atoms with Crippen molar-refractivity contribution in [3.8, 4) is 11.4 Å². The molecule has 0 spiro atoms. The summed E-state index contributed by atoms with van der Waals surface area (Å²) in [5.74, 6) is 0.253. The van der Waals surface area contributed by atoms with Crippen LogP contribution in [0.3, 0.4) is 0 Å². The quantitative estimate of drug-likeness (QED) is 0.328. The van der Waals surface area contributed by atoms with Gasteiger partial charge in [-0.05, 0) is 59.2 Å². The van der Waals surface area contributed by atoms with E-state index in [0.29, 0.717) is 23.1 Å². The van der Waals surface area contributed by atoms with Gasteiger partial charge in [-0.25, -0.2) is 8.42 Å². The van der Waals surface area contributed by atoms with E-state index < -0.39 is 9.84 Å². The zero-order valence-electron chi connectivity index (χ0n) is 22.3. The first-order valence-corrected chi connectivity index (χ1v) is 14.0. The van der Waals surface area contributed by atoms with Gasteiger partial charge in [-0.1, -0.05) is 61.0 Å². The van der Waals surface area contributed by atoms with Gasteiger partial charge in [0.1, 0.15) is 22.5 Å². The first-order chi connectivity index (χ1) is 16.7. The largest absolute Gasteiger partial charge is 0.505 e. The highest BCUT2D eigenvalue weighted by Crippen LogP contribution is 2.39. The van der Waals surface area contributed by atoms with Gasteiger partial charge in [-0.3, -0.25) is 0 Å². The lowest BCUT2D eigenvalue weighted by atomic mass is 9.80. The van der Waals surface area contributed by atoms with Crippen LogP contribution in [0.25, 0.3) is 16.7 Å². The summed E-state index contributed by atoms with van der Waals surface area (Å²) in [6.07, 6.45) is 5.19. The van der Waals surface area contributed by atoms with Crippen LogP contribution in [0.15, 0.2) is 59.8 Å². The number of unbranched alkanes of at least 4 members (excludes halogenated alkanes) is 1. The summed E-state index contributed by atoms with van der Waals surface area (Å²) in [4.78, 5) is 4.52. The predicted octanol–water partition coefficient (Wildman–Crippen LogP) is 6.31. The Morgan fingerprint density at radius 2 is 1.56 bits per heavy atom. The van der Waals surface area contributed by atoms with E-state index in [1.807, 2.05) is 43.6 Å². The number of aromatic nitrogens is 4. The van der Waals surface area contributed by atoms with E-state index in [0.717, 1.165) is 17.5 Å². The Morgan fingerprint density at radius 1 is 0.917 bits per heavy atom. The van der Waals surface area contributed by atoms with Gasteiger partial charge in [0, 0.05) is 18.0 Å². The van der Waals surface area contributed by atoms with Crippen LogP contribution in [0.2, 0.25) is 0 Å². The van der Waals surface area contributed by atoms with Crippen LogP contribution in [0, 0.1) is 0 Å². The zero-order valence-corrected chi connectivity index (χ0v) is 23.1. The van der Waals surface area contributed by atoms with E-state index in [1.54, 1.807) is 18.2 Å². The maximum absolute atomic E-state index is 12.6. The lowest BCUT2D eigenvalue weighted by Crippen LogP contribution is -2.18. The average Bonchev–Trinajstić information content (AvgIpc) is 3.49. The lowest BCUT2D eigenvalue weighted by molar-refractivity contribution is 0.438. The van der Waals surface area contributed by atoms with Crippen molar-refractivity contribution in [1.29, 1.82) is 0 Å². The molecule has 0 aliphatic rings. The third-order valence-electron chi connectivity index (χ3n) is 5.95. The molecule has 2 heterocycles. The normalized spacial score (nSPS) is 12.4. The topological polar surface area (TPSA) is 101 Å². The number of H-pyrrole nitrogens is 1. The summed E-state index contributed by atoms with van der Waals surface area (Å²) >= 11 is 0. The van der Waals surface area contributed by atoms with E-state index in [9.17, 15) is 13.5 Å².